The second-order valence-electron chi connectivity index (χ2n) is 4.14. The average Bonchev–Trinajstić information content (AvgIpc) is 3.01. The first-order valence-electron chi connectivity index (χ1n) is 5.25. The molecule has 1 aliphatic heterocycles. The largest absolute Gasteiger partial charge is 0.493 e. The van der Waals surface area contributed by atoms with Crippen molar-refractivity contribution in [3.8, 4) is 5.88 Å². The van der Waals surface area contributed by atoms with E-state index in [-0.39, 0.29) is 11.8 Å². The van der Waals surface area contributed by atoms with Crippen molar-refractivity contribution in [3.05, 3.63) is 23.4 Å². The number of pyridine rings is 1. The number of hydrogen-bond donors (Lipinski definition) is 1. The van der Waals surface area contributed by atoms with Gasteiger partial charge in [-0.1, -0.05) is 0 Å². The molecule has 2 heterocycles. The molecule has 0 saturated heterocycles. The smallest absolute Gasteiger partial charge is 0.255 e. The van der Waals surface area contributed by atoms with Crippen molar-refractivity contribution in [1.29, 1.82) is 0 Å². The maximum atomic E-state index is 12.0. The Bertz CT molecular complexity index is 427. The fourth-order valence-electron chi connectivity index (χ4n) is 2.09. The van der Waals surface area contributed by atoms with Crippen molar-refractivity contribution < 1.29 is 9.90 Å². The minimum absolute atomic E-state index is 0.00132. The Labute approximate surface area is 87.5 Å². The maximum Gasteiger partial charge on any atom is 0.255 e. The van der Waals surface area contributed by atoms with Crippen LogP contribution < -0.4 is 0 Å². The second-order valence-corrected chi connectivity index (χ2v) is 4.14. The van der Waals surface area contributed by atoms with E-state index in [4.69, 9.17) is 0 Å². The highest BCUT2D eigenvalue weighted by Gasteiger charge is 2.36. The van der Waals surface area contributed by atoms with Crippen molar-refractivity contribution in [3.63, 3.8) is 0 Å². The van der Waals surface area contributed by atoms with Gasteiger partial charge in [-0.2, -0.15) is 0 Å². The van der Waals surface area contributed by atoms with Crippen LogP contribution in [0, 0.1) is 0 Å². The third kappa shape index (κ3) is 1.37. The van der Waals surface area contributed by atoms with Gasteiger partial charge in [0.2, 0.25) is 5.88 Å². The van der Waals surface area contributed by atoms with Crippen LogP contribution in [-0.2, 0) is 6.42 Å². The molecular weight excluding hydrogens is 192 g/mol. The van der Waals surface area contributed by atoms with Gasteiger partial charge in [0.1, 0.15) is 0 Å². The van der Waals surface area contributed by atoms with Crippen LogP contribution in [0.25, 0.3) is 0 Å². The molecular formula is C11H12N2O2. The molecule has 1 aliphatic carbocycles. The SMILES string of the molecule is O=C1c2ccc(O)nc2CCN1C1CC1. The zero-order valence-corrected chi connectivity index (χ0v) is 8.31. The summed E-state index contributed by atoms with van der Waals surface area (Å²) in [6.07, 6.45) is 3.02. The van der Waals surface area contributed by atoms with Crippen LogP contribution in [0.4, 0.5) is 0 Å². The van der Waals surface area contributed by atoms with E-state index in [1.807, 2.05) is 4.90 Å². The van der Waals surface area contributed by atoms with Gasteiger partial charge >= 0.3 is 0 Å². The Morgan fingerprint density at radius 2 is 2.20 bits per heavy atom. The molecule has 4 nitrogen and oxygen atoms in total. The van der Waals surface area contributed by atoms with Crippen molar-refractivity contribution in [2.24, 2.45) is 0 Å². The van der Waals surface area contributed by atoms with Crippen LogP contribution >= 0.6 is 0 Å². The van der Waals surface area contributed by atoms with Crippen LogP contribution in [0.5, 0.6) is 5.88 Å². The van der Waals surface area contributed by atoms with Gasteiger partial charge in [-0.05, 0) is 18.9 Å². The van der Waals surface area contributed by atoms with Crippen LogP contribution in [0.1, 0.15) is 28.9 Å². The molecule has 15 heavy (non-hydrogen) atoms. The Hall–Kier alpha value is -1.58. The minimum atomic E-state index is 0.00132. The van der Waals surface area contributed by atoms with Crippen molar-refractivity contribution in [1.82, 2.24) is 9.88 Å². The van der Waals surface area contributed by atoms with E-state index in [2.05, 4.69) is 4.98 Å². The molecule has 4 heteroatoms. The fraction of sp³-hybridized carbons (Fsp3) is 0.455. The molecule has 0 bridgehead atoms. The molecule has 1 fully saturated rings. The third-order valence-electron chi connectivity index (χ3n) is 3.03. The van der Waals surface area contributed by atoms with Gasteiger partial charge in [0.15, 0.2) is 0 Å². The highest BCUT2D eigenvalue weighted by molar-refractivity contribution is 5.96. The zero-order chi connectivity index (χ0) is 10.4. The number of hydrogen-bond acceptors (Lipinski definition) is 3. The van der Waals surface area contributed by atoms with E-state index in [9.17, 15) is 9.90 Å². The topological polar surface area (TPSA) is 53.4 Å². The number of fused-ring (bicyclic) bond motifs is 1. The van der Waals surface area contributed by atoms with E-state index < -0.39 is 0 Å². The van der Waals surface area contributed by atoms with Gasteiger partial charge in [-0.15, -0.1) is 0 Å². The summed E-state index contributed by atoms with van der Waals surface area (Å²) < 4.78 is 0. The number of nitrogens with zero attached hydrogens (tertiary/aromatic N) is 2. The second kappa shape index (κ2) is 2.95. The molecule has 1 amide bonds. The Morgan fingerprint density at radius 3 is 2.93 bits per heavy atom. The summed E-state index contributed by atoms with van der Waals surface area (Å²) in [7, 11) is 0. The fourth-order valence-corrected chi connectivity index (χ4v) is 2.09. The lowest BCUT2D eigenvalue weighted by molar-refractivity contribution is 0.0725. The molecule has 1 saturated carbocycles. The van der Waals surface area contributed by atoms with Crippen LogP contribution in [0.2, 0.25) is 0 Å². The molecule has 0 radical (unpaired) electrons. The number of aromatic nitrogens is 1. The first kappa shape index (κ1) is 8.71. The zero-order valence-electron chi connectivity index (χ0n) is 8.31. The molecule has 1 aromatic rings. The summed E-state index contributed by atoms with van der Waals surface area (Å²) in [4.78, 5) is 17.9. The summed E-state index contributed by atoms with van der Waals surface area (Å²) in [6, 6.07) is 3.61. The normalized spacial score (nSPS) is 20.3. The summed E-state index contributed by atoms with van der Waals surface area (Å²) in [5.41, 5.74) is 1.39. The van der Waals surface area contributed by atoms with E-state index >= 15 is 0 Å². The Balaban J connectivity index is 1.98. The number of amides is 1. The molecule has 0 unspecified atom stereocenters. The monoisotopic (exact) mass is 204 g/mol. The molecule has 0 aromatic carbocycles. The molecule has 0 spiro atoms. The average molecular weight is 204 g/mol. The van der Waals surface area contributed by atoms with E-state index in [1.54, 1.807) is 6.07 Å². The standard InChI is InChI=1S/C11H12N2O2/c14-10-4-3-8-9(12-10)5-6-13(11(8)15)7-1-2-7/h3-4,7H,1-2,5-6H2,(H,12,14). The molecule has 1 aromatic heterocycles. The van der Waals surface area contributed by atoms with Gasteiger partial charge in [0.05, 0.1) is 11.3 Å². The lowest BCUT2D eigenvalue weighted by Crippen LogP contribution is -2.39. The van der Waals surface area contributed by atoms with E-state index in [0.717, 1.165) is 31.5 Å². The van der Waals surface area contributed by atoms with Crippen LogP contribution in [0.15, 0.2) is 12.1 Å². The minimum Gasteiger partial charge on any atom is -0.493 e. The van der Waals surface area contributed by atoms with Gasteiger partial charge in [-0.3, -0.25) is 4.79 Å². The summed E-state index contributed by atoms with van der Waals surface area (Å²) in [5, 5.41) is 9.23. The highest BCUT2D eigenvalue weighted by Crippen LogP contribution is 2.31. The van der Waals surface area contributed by atoms with Crippen molar-refractivity contribution in [2.45, 2.75) is 25.3 Å². The Morgan fingerprint density at radius 1 is 1.40 bits per heavy atom. The van der Waals surface area contributed by atoms with Gasteiger partial charge < -0.3 is 10.0 Å². The molecule has 3 rings (SSSR count). The van der Waals surface area contributed by atoms with Crippen molar-refractivity contribution in [2.75, 3.05) is 6.54 Å². The lowest BCUT2D eigenvalue weighted by atomic mass is 10.0. The van der Waals surface area contributed by atoms with Gasteiger partial charge in [0, 0.05) is 25.1 Å². The number of aromatic hydroxyl groups is 1. The molecule has 2 aliphatic rings. The van der Waals surface area contributed by atoms with E-state index in [0.29, 0.717) is 11.6 Å². The first-order chi connectivity index (χ1) is 7.25. The van der Waals surface area contributed by atoms with Crippen LogP contribution in [-0.4, -0.2) is 33.5 Å². The molecule has 78 valence electrons. The highest BCUT2D eigenvalue weighted by atomic mass is 16.3. The number of carbonyl (C=O) groups is 1. The predicted molar refractivity (Wildman–Crippen MR) is 53.7 cm³/mol. The Kier molecular flexibility index (Phi) is 1.71. The first-order valence-corrected chi connectivity index (χ1v) is 5.25. The quantitative estimate of drug-likeness (QED) is 0.741. The van der Waals surface area contributed by atoms with Gasteiger partial charge in [-0.25, -0.2) is 4.98 Å². The van der Waals surface area contributed by atoms with E-state index in [1.165, 1.54) is 6.07 Å². The number of rotatable bonds is 1. The molecule has 0 atom stereocenters. The summed E-state index contributed by atoms with van der Waals surface area (Å²) in [5.74, 6) is 0.0765. The predicted octanol–water partition coefficient (Wildman–Crippen LogP) is 0.948. The summed E-state index contributed by atoms with van der Waals surface area (Å²) in [6.45, 7) is 0.743. The number of carbonyl (C=O) groups excluding carboxylic acids is 1. The van der Waals surface area contributed by atoms with Crippen LogP contribution in [0.3, 0.4) is 0 Å². The lowest BCUT2D eigenvalue weighted by Gasteiger charge is -2.27. The maximum absolute atomic E-state index is 12.0. The third-order valence-corrected chi connectivity index (χ3v) is 3.03. The molecule has 1 N–H and O–H groups in total. The van der Waals surface area contributed by atoms with Gasteiger partial charge in [0.25, 0.3) is 5.91 Å². The summed E-state index contributed by atoms with van der Waals surface area (Å²) >= 11 is 0. The van der Waals surface area contributed by atoms with Crippen molar-refractivity contribution >= 4 is 5.91 Å².